The summed E-state index contributed by atoms with van der Waals surface area (Å²) in [6.07, 6.45) is 5.15. The van der Waals surface area contributed by atoms with Crippen molar-refractivity contribution in [3.05, 3.63) is 24.0 Å². The van der Waals surface area contributed by atoms with Crippen molar-refractivity contribution < 1.29 is 0 Å². The van der Waals surface area contributed by atoms with Gasteiger partial charge in [0.1, 0.15) is 0 Å². The number of aromatic nitrogens is 1. The molecule has 68 valence electrons. The van der Waals surface area contributed by atoms with Crippen molar-refractivity contribution in [1.82, 2.24) is 4.98 Å². The molecule has 0 aliphatic heterocycles. The molecule has 12 heavy (non-hydrogen) atoms. The minimum absolute atomic E-state index is 0. The fourth-order valence-corrected chi connectivity index (χ4v) is 1.00. The third kappa shape index (κ3) is 3.09. The van der Waals surface area contributed by atoms with E-state index >= 15 is 0 Å². The summed E-state index contributed by atoms with van der Waals surface area (Å²) >= 11 is 0. The third-order valence-electron chi connectivity index (χ3n) is 1.69. The first-order valence-electron chi connectivity index (χ1n) is 4.04. The molecule has 1 rings (SSSR count). The summed E-state index contributed by atoms with van der Waals surface area (Å²) in [5.41, 5.74) is 7.56. The Hall–Kier alpha value is -0.760. The van der Waals surface area contributed by atoms with Crippen LogP contribution >= 0.6 is 12.4 Å². The van der Waals surface area contributed by atoms with E-state index in [1.807, 2.05) is 12.1 Å². The summed E-state index contributed by atoms with van der Waals surface area (Å²) in [5, 5.41) is 0. The van der Waals surface area contributed by atoms with Gasteiger partial charge in [0.15, 0.2) is 0 Å². The maximum absolute atomic E-state index is 5.70. The van der Waals surface area contributed by atoms with Gasteiger partial charge >= 0.3 is 0 Å². The first-order chi connectivity index (χ1) is 5.34. The molecule has 1 aromatic rings. The van der Waals surface area contributed by atoms with E-state index in [2.05, 4.69) is 11.9 Å². The van der Waals surface area contributed by atoms with Crippen LogP contribution in [0.4, 0.5) is 5.69 Å². The lowest BCUT2D eigenvalue weighted by atomic mass is 10.1. The van der Waals surface area contributed by atoms with Crippen LogP contribution in [0.5, 0.6) is 0 Å². The number of unbranched alkanes of at least 4 members (excludes halogenated alkanes) is 1. The first-order valence-corrected chi connectivity index (χ1v) is 4.04. The Morgan fingerprint density at radius 1 is 1.50 bits per heavy atom. The van der Waals surface area contributed by atoms with Gasteiger partial charge in [0, 0.05) is 6.20 Å². The highest BCUT2D eigenvalue weighted by Crippen LogP contribution is 2.09. The molecule has 0 unspecified atom stereocenters. The average molecular weight is 187 g/mol. The fraction of sp³-hybridized carbons (Fsp3) is 0.444. The van der Waals surface area contributed by atoms with Gasteiger partial charge in [-0.2, -0.15) is 0 Å². The molecule has 0 aliphatic rings. The molecule has 0 amide bonds. The number of aryl methyl sites for hydroxylation is 1. The number of halogens is 1. The molecular formula is C9H15ClN2. The van der Waals surface area contributed by atoms with Crippen molar-refractivity contribution in [1.29, 1.82) is 0 Å². The van der Waals surface area contributed by atoms with Crippen molar-refractivity contribution in [3.8, 4) is 0 Å². The zero-order valence-corrected chi connectivity index (χ0v) is 8.10. The van der Waals surface area contributed by atoms with Gasteiger partial charge in [-0.15, -0.1) is 12.4 Å². The van der Waals surface area contributed by atoms with E-state index in [1.54, 1.807) is 6.20 Å². The largest absolute Gasteiger partial charge is 0.397 e. The number of nitrogen functional groups attached to an aromatic ring is 1. The van der Waals surface area contributed by atoms with Crippen LogP contribution in [-0.4, -0.2) is 4.98 Å². The van der Waals surface area contributed by atoms with Gasteiger partial charge in [-0.05, 0) is 25.0 Å². The van der Waals surface area contributed by atoms with E-state index in [1.165, 1.54) is 12.8 Å². The van der Waals surface area contributed by atoms with Crippen LogP contribution in [-0.2, 0) is 6.42 Å². The molecule has 2 nitrogen and oxygen atoms in total. The van der Waals surface area contributed by atoms with Crippen molar-refractivity contribution in [2.45, 2.75) is 26.2 Å². The zero-order chi connectivity index (χ0) is 8.10. The molecule has 0 radical (unpaired) electrons. The second-order valence-corrected chi connectivity index (χ2v) is 2.64. The molecule has 0 spiro atoms. The topological polar surface area (TPSA) is 38.9 Å². The minimum Gasteiger partial charge on any atom is -0.397 e. The Morgan fingerprint density at radius 3 is 2.83 bits per heavy atom. The van der Waals surface area contributed by atoms with Gasteiger partial charge < -0.3 is 5.73 Å². The average Bonchev–Trinajstić information content (AvgIpc) is 2.03. The summed E-state index contributed by atoms with van der Waals surface area (Å²) in [4.78, 5) is 4.19. The molecule has 3 heteroatoms. The normalized spacial score (nSPS) is 9.08. The lowest BCUT2D eigenvalue weighted by Crippen LogP contribution is -1.96. The second-order valence-electron chi connectivity index (χ2n) is 2.64. The van der Waals surface area contributed by atoms with E-state index in [0.29, 0.717) is 0 Å². The fourth-order valence-electron chi connectivity index (χ4n) is 1.00. The lowest BCUT2D eigenvalue weighted by Gasteiger charge is -2.01. The van der Waals surface area contributed by atoms with Crippen molar-refractivity contribution in [2.24, 2.45) is 0 Å². The molecule has 0 bridgehead atoms. The molecule has 0 saturated carbocycles. The minimum atomic E-state index is 0. The van der Waals surface area contributed by atoms with Gasteiger partial charge in [0.05, 0.1) is 11.4 Å². The molecule has 2 N–H and O–H groups in total. The Kier molecular flexibility index (Phi) is 5.47. The van der Waals surface area contributed by atoms with Crippen LogP contribution < -0.4 is 5.73 Å². The Labute approximate surface area is 79.6 Å². The van der Waals surface area contributed by atoms with Crippen LogP contribution in [0, 0.1) is 0 Å². The molecule has 1 aromatic heterocycles. The highest BCUT2D eigenvalue weighted by atomic mass is 35.5. The van der Waals surface area contributed by atoms with Crippen molar-refractivity contribution >= 4 is 18.1 Å². The monoisotopic (exact) mass is 186 g/mol. The van der Waals surface area contributed by atoms with Crippen LogP contribution in [0.3, 0.4) is 0 Å². The number of anilines is 1. The number of nitrogens with two attached hydrogens (primary N) is 1. The van der Waals surface area contributed by atoms with Crippen LogP contribution in [0.25, 0.3) is 0 Å². The summed E-state index contributed by atoms with van der Waals surface area (Å²) < 4.78 is 0. The van der Waals surface area contributed by atoms with Gasteiger partial charge in [-0.25, -0.2) is 0 Å². The summed E-state index contributed by atoms with van der Waals surface area (Å²) in [6.45, 7) is 2.17. The number of hydrogen-bond acceptors (Lipinski definition) is 2. The number of pyridine rings is 1. The molecule has 1 heterocycles. The highest BCUT2D eigenvalue weighted by Gasteiger charge is 1.96. The molecular weight excluding hydrogens is 172 g/mol. The predicted molar refractivity (Wildman–Crippen MR) is 54.5 cm³/mol. The highest BCUT2D eigenvalue weighted by molar-refractivity contribution is 5.85. The predicted octanol–water partition coefficient (Wildman–Crippen LogP) is 2.43. The Morgan fingerprint density at radius 2 is 2.25 bits per heavy atom. The van der Waals surface area contributed by atoms with Gasteiger partial charge in [-0.1, -0.05) is 13.3 Å². The standard InChI is InChI=1S/C9H14N2.ClH/c1-2-3-6-9-8(10)5-4-7-11-9;/h4-5,7H,2-3,6,10H2,1H3;1H. The van der Waals surface area contributed by atoms with Crippen LogP contribution in [0.2, 0.25) is 0 Å². The van der Waals surface area contributed by atoms with Gasteiger partial charge in [-0.3, -0.25) is 4.98 Å². The maximum Gasteiger partial charge on any atom is 0.0632 e. The summed E-state index contributed by atoms with van der Waals surface area (Å²) in [5.74, 6) is 0. The molecule has 0 saturated heterocycles. The second kappa shape index (κ2) is 5.84. The maximum atomic E-state index is 5.70. The van der Waals surface area contributed by atoms with E-state index in [4.69, 9.17) is 5.73 Å². The van der Waals surface area contributed by atoms with Crippen molar-refractivity contribution in [3.63, 3.8) is 0 Å². The van der Waals surface area contributed by atoms with E-state index < -0.39 is 0 Å². The van der Waals surface area contributed by atoms with Gasteiger partial charge in [0.25, 0.3) is 0 Å². The van der Waals surface area contributed by atoms with Gasteiger partial charge in [0.2, 0.25) is 0 Å². The molecule has 0 aromatic carbocycles. The van der Waals surface area contributed by atoms with E-state index in [9.17, 15) is 0 Å². The van der Waals surface area contributed by atoms with E-state index in [0.717, 1.165) is 17.8 Å². The molecule has 0 atom stereocenters. The number of nitrogens with zero attached hydrogens (tertiary/aromatic N) is 1. The molecule has 0 fully saturated rings. The SMILES string of the molecule is CCCCc1ncccc1N.Cl. The summed E-state index contributed by atoms with van der Waals surface area (Å²) in [6, 6.07) is 3.77. The first kappa shape index (κ1) is 11.2. The van der Waals surface area contributed by atoms with Crippen LogP contribution in [0.15, 0.2) is 18.3 Å². The Bertz CT molecular complexity index is 226. The van der Waals surface area contributed by atoms with Crippen LogP contribution in [0.1, 0.15) is 25.5 Å². The third-order valence-corrected chi connectivity index (χ3v) is 1.69. The quantitative estimate of drug-likeness (QED) is 0.788. The Balaban J connectivity index is 0.00000121. The summed E-state index contributed by atoms with van der Waals surface area (Å²) in [7, 11) is 0. The zero-order valence-electron chi connectivity index (χ0n) is 7.29. The van der Waals surface area contributed by atoms with Crippen molar-refractivity contribution in [2.75, 3.05) is 5.73 Å². The number of hydrogen-bond donors (Lipinski definition) is 1. The lowest BCUT2D eigenvalue weighted by molar-refractivity contribution is 0.779. The molecule has 0 aliphatic carbocycles. The smallest absolute Gasteiger partial charge is 0.0632 e. The number of rotatable bonds is 3. The van der Waals surface area contributed by atoms with E-state index in [-0.39, 0.29) is 12.4 Å².